The summed E-state index contributed by atoms with van der Waals surface area (Å²) in [4.78, 5) is 57.7. The first-order chi connectivity index (χ1) is 15.0. The number of esters is 4. The number of hydrogen-bond donors (Lipinski definition) is 1. The number of amides is 1. The molecule has 11 nitrogen and oxygen atoms in total. The molecule has 0 fully saturated rings. The number of ether oxygens (including phenoxy) is 5. The molecule has 0 spiro atoms. The van der Waals surface area contributed by atoms with Crippen LogP contribution >= 0.6 is 11.8 Å². The molecule has 0 bridgehead atoms. The van der Waals surface area contributed by atoms with E-state index in [1.165, 1.54) is 26.2 Å². The van der Waals surface area contributed by atoms with Crippen molar-refractivity contribution in [2.24, 2.45) is 0 Å². The maximum Gasteiger partial charge on any atom is 0.353 e. The van der Waals surface area contributed by atoms with Crippen molar-refractivity contribution in [3.05, 3.63) is 12.2 Å². The van der Waals surface area contributed by atoms with E-state index in [-0.39, 0.29) is 0 Å². The van der Waals surface area contributed by atoms with Crippen molar-refractivity contribution >= 4 is 41.5 Å². The summed E-state index contributed by atoms with van der Waals surface area (Å²) in [7, 11) is 1.19. The van der Waals surface area contributed by atoms with Crippen LogP contribution in [0.25, 0.3) is 0 Å². The highest BCUT2D eigenvalue weighted by atomic mass is 32.2. The summed E-state index contributed by atoms with van der Waals surface area (Å²) in [5.74, 6) is -2.83. The molecule has 0 radical (unpaired) electrons. The van der Waals surface area contributed by atoms with Crippen LogP contribution in [0.2, 0.25) is 0 Å². The van der Waals surface area contributed by atoms with Gasteiger partial charge >= 0.3 is 23.9 Å². The minimum Gasteiger partial charge on any atom is -0.466 e. The summed E-state index contributed by atoms with van der Waals surface area (Å²) in [6.07, 6.45) is -0.871. The maximum absolute atomic E-state index is 12.6. The predicted molar refractivity (Wildman–Crippen MR) is 112 cm³/mol. The first kappa shape index (κ1) is 27.4. The summed E-state index contributed by atoms with van der Waals surface area (Å²) in [6, 6.07) is -0.873. The van der Waals surface area contributed by atoms with E-state index in [4.69, 9.17) is 23.7 Å². The fourth-order valence-electron chi connectivity index (χ4n) is 3.06. The van der Waals surface area contributed by atoms with Gasteiger partial charge < -0.3 is 29.0 Å². The van der Waals surface area contributed by atoms with Crippen molar-refractivity contribution in [3.63, 3.8) is 0 Å². The van der Waals surface area contributed by atoms with Gasteiger partial charge in [0.05, 0.1) is 13.2 Å². The lowest BCUT2D eigenvalue weighted by molar-refractivity contribution is -0.197. The molecule has 0 unspecified atom stereocenters. The van der Waals surface area contributed by atoms with Crippen LogP contribution in [0.4, 0.5) is 0 Å². The van der Waals surface area contributed by atoms with Gasteiger partial charge in [0.1, 0.15) is 12.7 Å². The van der Waals surface area contributed by atoms with Crippen molar-refractivity contribution < 1.29 is 47.7 Å². The van der Waals surface area contributed by atoms with Crippen LogP contribution in [0.1, 0.15) is 34.6 Å². The smallest absolute Gasteiger partial charge is 0.353 e. The van der Waals surface area contributed by atoms with E-state index in [9.17, 15) is 24.0 Å². The zero-order chi connectivity index (χ0) is 24.5. The van der Waals surface area contributed by atoms with Crippen LogP contribution in [-0.4, -0.2) is 78.5 Å². The second-order valence-corrected chi connectivity index (χ2v) is 8.26. The highest BCUT2D eigenvalue weighted by Gasteiger charge is 2.51. The molecular weight excluding hydrogens is 446 g/mol. The molecule has 0 aromatic heterocycles. The fraction of sp³-hybridized carbons (Fsp3) is 0.650. The van der Waals surface area contributed by atoms with Crippen LogP contribution in [0, 0.1) is 0 Å². The molecule has 1 heterocycles. The monoisotopic (exact) mass is 475 g/mol. The zero-order valence-electron chi connectivity index (χ0n) is 18.9. The average Bonchev–Trinajstić information content (AvgIpc) is 2.69. The van der Waals surface area contributed by atoms with Gasteiger partial charge in [0, 0.05) is 27.7 Å². The van der Waals surface area contributed by atoms with Crippen molar-refractivity contribution in [1.82, 2.24) is 5.32 Å². The zero-order valence-corrected chi connectivity index (χ0v) is 19.7. The number of methoxy groups -OCH3 is 1. The lowest BCUT2D eigenvalue weighted by Crippen LogP contribution is -2.60. The molecule has 0 aliphatic carbocycles. The molecule has 0 aromatic carbocycles. The maximum atomic E-state index is 12.6. The molecule has 180 valence electrons. The standard InChI is InChI=1S/C20H29NO10S/c1-7-32-20(19(26)27-6)9-8-15(21-11(2)22)17(31-20)18(30-14(5)25)16(29-13(4)24)10-28-12(3)23/h8-9,15-18H,7,10H2,1-6H3,(H,21,22)/t15-,16-,17-,18-,20-/m1/s1. The number of rotatable bonds is 10. The van der Waals surface area contributed by atoms with Crippen LogP contribution in [-0.2, 0) is 47.7 Å². The van der Waals surface area contributed by atoms with Crippen LogP contribution in [0.15, 0.2) is 12.2 Å². The third-order valence-electron chi connectivity index (χ3n) is 4.15. The van der Waals surface area contributed by atoms with E-state index in [0.29, 0.717) is 5.75 Å². The lowest BCUT2D eigenvalue weighted by atomic mass is 9.96. The second kappa shape index (κ2) is 12.4. The number of hydrogen-bond acceptors (Lipinski definition) is 11. The Kier molecular flexibility index (Phi) is 10.7. The molecule has 1 rings (SSSR count). The van der Waals surface area contributed by atoms with Gasteiger partial charge in [-0.2, -0.15) is 0 Å². The van der Waals surface area contributed by atoms with Gasteiger partial charge in [-0.25, -0.2) is 4.79 Å². The van der Waals surface area contributed by atoms with Crippen molar-refractivity contribution in [2.75, 3.05) is 19.5 Å². The Hall–Kier alpha value is -2.60. The first-order valence-electron chi connectivity index (χ1n) is 9.80. The SMILES string of the molecule is CCS[C@@]1(C(=O)OC)C=C[C@@H](NC(C)=O)[C@H]([C@H](OC(C)=O)[C@@H](COC(C)=O)OC(C)=O)O1. The third kappa shape index (κ3) is 7.83. The van der Waals surface area contributed by atoms with Crippen molar-refractivity contribution in [1.29, 1.82) is 0 Å². The number of thioether (sulfide) groups is 1. The number of nitrogens with one attached hydrogen (secondary N) is 1. The van der Waals surface area contributed by atoms with Gasteiger partial charge in [-0.15, -0.1) is 11.8 Å². The topological polar surface area (TPSA) is 144 Å². The van der Waals surface area contributed by atoms with E-state index >= 15 is 0 Å². The van der Waals surface area contributed by atoms with Crippen molar-refractivity contribution in [3.8, 4) is 0 Å². The van der Waals surface area contributed by atoms with Crippen LogP contribution in [0.5, 0.6) is 0 Å². The lowest BCUT2D eigenvalue weighted by Gasteiger charge is -2.42. The van der Waals surface area contributed by atoms with E-state index in [0.717, 1.165) is 32.5 Å². The van der Waals surface area contributed by atoms with Crippen LogP contribution in [0.3, 0.4) is 0 Å². The van der Waals surface area contributed by atoms with E-state index in [1.54, 1.807) is 6.92 Å². The second-order valence-electron chi connectivity index (χ2n) is 6.78. The highest BCUT2D eigenvalue weighted by molar-refractivity contribution is 8.01. The van der Waals surface area contributed by atoms with E-state index in [1.807, 2.05) is 0 Å². The van der Waals surface area contributed by atoms with Crippen LogP contribution < -0.4 is 5.32 Å². The Morgan fingerprint density at radius 2 is 1.69 bits per heavy atom. The summed E-state index contributed by atoms with van der Waals surface area (Å²) < 4.78 is 26.6. The summed E-state index contributed by atoms with van der Waals surface area (Å²) in [5, 5.41) is 2.64. The molecule has 0 saturated carbocycles. The normalized spacial score (nSPS) is 23.9. The summed E-state index contributed by atoms with van der Waals surface area (Å²) >= 11 is 1.11. The van der Waals surface area contributed by atoms with Gasteiger partial charge in [0.2, 0.25) is 10.8 Å². The Bertz CT molecular complexity index is 755. The van der Waals surface area contributed by atoms with E-state index in [2.05, 4.69) is 5.32 Å². The summed E-state index contributed by atoms with van der Waals surface area (Å²) in [6.45, 7) is 6.04. The molecule has 12 heteroatoms. The molecule has 1 amide bonds. The molecule has 0 aromatic rings. The third-order valence-corrected chi connectivity index (χ3v) is 5.26. The van der Waals surface area contributed by atoms with Gasteiger partial charge in [0.15, 0.2) is 12.2 Å². The van der Waals surface area contributed by atoms with Gasteiger partial charge in [-0.1, -0.05) is 13.0 Å². The Labute approximate surface area is 190 Å². The summed E-state index contributed by atoms with van der Waals surface area (Å²) in [5.41, 5.74) is 0. The van der Waals surface area contributed by atoms with E-state index < -0.39 is 65.7 Å². The molecule has 1 aliphatic rings. The molecule has 0 saturated heterocycles. The minimum absolute atomic E-state index is 0.424. The Morgan fingerprint density at radius 1 is 1.06 bits per heavy atom. The molecule has 32 heavy (non-hydrogen) atoms. The highest BCUT2D eigenvalue weighted by Crippen LogP contribution is 2.37. The Morgan fingerprint density at radius 3 is 2.16 bits per heavy atom. The van der Waals surface area contributed by atoms with Crippen molar-refractivity contribution in [2.45, 2.75) is 63.9 Å². The Balaban J connectivity index is 3.52. The predicted octanol–water partition coefficient (Wildman–Crippen LogP) is 0.495. The van der Waals surface area contributed by atoms with Gasteiger partial charge in [0.25, 0.3) is 0 Å². The average molecular weight is 476 g/mol. The van der Waals surface area contributed by atoms with Gasteiger partial charge in [-0.3, -0.25) is 19.2 Å². The molecule has 1 aliphatic heterocycles. The fourth-order valence-corrected chi connectivity index (χ4v) is 4.04. The molecule has 5 atom stereocenters. The first-order valence-corrected chi connectivity index (χ1v) is 10.8. The quantitative estimate of drug-likeness (QED) is 0.268. The molecular formula is C20H29NO10S. The minimum atomic E-state index is -1.61. The molecule has 1 N–H and O–H groups in total. The largest absolute Gasteiger partial charge is 0.466 e. The number of carbonyl (C=O) groups is 5. The number of carbonyl (C=O) groups excluding carboxylic acids is 5. The van der Waals surface area contributed by atoms with Gasteiger partial charge in [-0.05, 0) is 11.8 Å².